The number of amides is 4. The lowest BCUT2D eigenvalue weighted by Crippen LogP contribution is -2.43. The van der Waals surface area contributed by atoms with Crippen LogP contribution in [0.3, 0.4) is 0 Å². The van der Waals surface area contributed by atoms with Gasteiger partial charge in [-0.25, -0.2) is 0 Å². The highest BCUT2D eigenvalue weighted by atomic mass is 16.5. The summed E-state index contributed by atoms with van der Waals surface area (Å²) in [7, 11) is 1.56. The molecule has 0 bridgehead atoms. The number of allylic oxidation sites excluding steroid dienone is 4. The predicted molar refractivity (Wildman–Crippen MR) is 266 cm³/mol. The molecular formula is C52H99N5O7. The third-order valence-electron chi connectivity index (χ3n) is 11.3. The van der Waals surface area contributed by atoms with Gasteiger partial charge in [-0.15, -0.1) is 0 Å². The van der Waals surface area contributed by atoms with Gasteiger partial charge in [0.2, 0.25) is 23.6 Å². The maximum atomic E-state index is 12.6. The van der Waals surface area contributed by atoms with Gasteiger partial charge in [-0.05, 0) is 64.2 Å². The number of hydrogen-bond acceptors (Lipinski definition) is 8. The Labute approximate surface area is 392 Å². The number of likely N-dealkylation sites (N-methyl/N-ethyl adjacent to an activating group) is 1. The molecule has 0 spiro atoms. The molecule has 0 atom stereocenters. The van der Waals surface area contributed by atoms with Crippen LogP contribution in [0, 0.1) is 0 Å². The fourth-order valence-corrected chi connectivity index (χ4v) is 7.22. The highest BCUT2D eigenvalue weighted by molar-refractivity contribution is 5.77. The summed E-state index contributed by atoms with van der Waals surface area (Å²) >= 11 is 0. The molecule has 0 fully saturated rings. The fraction of sp³-hybridized carbons (Fsp3) is 0.846. The summed E-state index contributed by atoms with van der Waals surface area (Å²) in [6.07, 6.45) is 42.8. The molecule has 0 aromatic heterocycles. The quantitative estimate of drug-likeness (QED) is 0.0349. The lowest BCUT2D eigenvalue weighted by atomic mass is 10.1. The van der Waals surface area contributed by atoms with Gasteiger partial charge in [0.1, 0.15) is 6.61 Å². The van der Waals surface area contributed by atoms with Gasteiger partial charge in [-0.3, -0.25) is 24.1 Å². The molecule has 0 aliphatic rings. The van der Waals surface area contributed by atoms with Crippen LogP contribution in [-0.2, 0) is 33.4 Å². The highest BCUT2D eigenvalue weighted by Gasteiger charge is 2.10. The minimum Gasteiger partial charge on any atom is -0.379 e. The lowest BCUT2D eigenvalue weighted by Gasteiger charge is -2.23. The van der Waals surface area contributed by atoms with Gasteiger partial charge in [-0.1, -0.05) is 141 Å². The zero-order valence-corrected chi connectivity index (χ0v) is 41.6. The molecule has 4 amide bonds. The van der Waals surface area contributed by atoms with Crippen LogP contribution in [0.15, 0.2) is 24.3 Å². The molecule has 12 heteroatoms. The number of nitrogens with zero attached hydrogens (tertiary/aromatic N) is 1. The van der Waals surface area contributed by atoms with Crippen LogP contribution in [0.1, 0.15) is 200 Å². The number of unbranched alkanes of at least 4 members (excludes halogenated alkanes) is 22. The second-order valence-corrected chi connectivity index (χ2v) is 17.3. The topological polar surface area (TPSA) is 147 Å². The Bertz CT molecular complexity index is 1060. The summed E-state index contributed by atoms with van der Waals surface area (Å²) < 4.78 is 16.1. The van der Waals surface area contributed by atoms with Crippen LogP contribution in [0.25, 0.3) is 0 Å². The average molecular weight is 906 g/mol. The summed E-state index contributed by atoms with van der Waals surface area (Å²) in [5.74, 6) is -0.108. The second-order valence-electron chi connectivity index (χ2n) is 17.3. The summed E-state index contributed by atoms with van der Waals surface area (Å²) in [5.41, 5.74) is 0. The summed E-state index contributed by atoms with van der Waals surface area (Å²) in [6, 6.07) is 0. The number of carbonyl (C=O) groups excluding carboxylic acids is 4. The van der Waals surface area contributed by atoms with Crippen molar-refractivity contribution >= 4 is 23.6 Å². The van der Waals surface area contributed by atoms with Crippen molar-refractivity contribution in [3.05, 3.63) is 24.3 Å². The van der Waals surface area contributed by atoms with Gasteiger partial charge >= 0.3 is 0 Å². The van der Waals surface area contributed by atoms with Crippen molar-refractivity contribution in [2.75, 3.05) is 86.0 Å². The molecule has 0 rings (SSSR count). The first-order chi connectivity index (χ1) is 31.4. The van der Waals surface area contributed by atoms with Crippen LogP contribution >= 0.6 is 0 Å². The Morgan fingerprint density at radius 1 is 0.391 bits per heavy atom. The van der Waals surface area contributed by atoms with Crippen molar-refractivity contribution in [3.8, 4) is 0 Å². The van der Waals surface area contributed by atoms with Gasteiger partial charge in [0, 0.05) is 65.6 Å². The smallest absolute Gasteiger partial charge is 0.245 e. The van der Waals surface area contributed by atoms with E-state index in [9.17, 15) is 19.2 Å². The summed E-state index contributed by atoms with van der Waals surface area (Å²) in [6.45, 7) is 9.64. The van der Waals surface area contributed by atoms with E-state index in [2.05, 4.69) is 64.3 Å². The molecule has 0 saturated carbocycles. The molecule has 64 heavy (non-hydrogen) atoms. The van der Waals surface area contributed by atoms with Crippen LogP contribution in [0.2, 0.25) is 0 Å². The van der Waals surface area contributed by atoms with Crippen molar-refractivity contribution < 1.29 is 33.4 Å². The standard InChI is InChI=1S/C52H99N5O7/c1-4-6-8-10-12-14-16-18-20-22-24-26-28-30-32-34-49(58)54-37-40-57(42-39-56-51(60)36-43-62-44-45-63-46-47-64-48-52(61)53-3)41-38-55-50(59)35-33-31-29-27-25-23-21-19-17-15-13-11-9-7-5-2/h18-21H,4-17,22-48H2,1-3H3,(H,53,61)(H,54,58)(H,55,59)(H,56,60)/b20-18-,21-19-. The van der Waals surface area contributed by atoms with E-state index in [1.54, 1.807) is 7.05 Å². The molecular weight excluding hydrogens is 807 g/mol. The average Bonchev–Trinajstić information content (AvgIpc) is 3.29. The Balaban J connectivity index is 4.34. The molecule has 0 aromatic rings. The molecule has 0 aromatic carbocycles. The van der Waals surface area contributed by atoms with Crippen molar-refractivity contribution in [1.29, 1.82) is 0 Å². The largest absolute Gasteiger partial charge is 0.379 e. The lowest BCUT2D eigenvalue weighted by molar-refractivity contribution is -0.126. The number of rotatable bonds is 50. The maximum absolute atomic E-state index is 12.6. The first kappa shape index (κ1) is 61.2. The van der Waals surface area contributed by atoms with Crippen LogP contribution in [0.4, 0.5) is 0 Å². The van der Waals surface area contributed by atoms with Crippen LogP contribution < -0.4 is 21.3 Å². The molecule has 0 aliphatic carbocycles. The van der Waals surface area contributed by atoms with E-state index >= 15 is 0 Å². The maximum Gasteiger partial charge on any atom is 0.245 e. The number of nitrogens with one attached hydrogen (secondary N) is 4. The molecule has 4 N–H and O–H groups in total. The van der Waals surface area contributed by atoms with Crippen molar-refractivity contribution in [2.45, 2.75) is 200 Å². The number of ether oxygens (including phenoxy) is 3. The Morgan fingerprint density at radius 2 is 0.719 bits per heavy atom. The number of hydrogen-bond donors (Lipinski definition) is 4. The third-order valence-corrected chi connectivity index (χ3v) is 11.3. The SMILES string of the molecule is CCCCCCCC/C=C\CCCCCCCC(=O)NCCN(CCNC(=O)CCCCCCC/C=C\CCCCCCCC)CCNC(=O)CCOCCOCCOCC(=O)NC. The van der Waals surface area contributed by atoms with E-state index in [0.29, 0.717) is 78.5 Å². The monoisotopic (exact) mass is 906 g/mol. The van der Waals surface area contributed by atoms with E-state index in [1.807, 2.05) is 0 Å². The highest BCUT2D eigenvalue weighted by Crippen LogP contribution is 2.12. The first-order valence-electron chi connectivity index (χ1n) is 26.2. The summed E-state index contributed by atoms with van der Waals surface area (Å²) in [5, 5.41) is 11.6. The van der Waals surface area contributed by atoms with Gasteiger partial charge in [0.15, 0.2) is 0 Å². The van der Waals surface area contributed by atoms with E-state index in [-0.39, 0.29) is 43.3 Å². The van der Waals surface area contributed by atoms with Crippen molar-refractivity contribution in [3.63, 3.8) is 0 Å². The second kappa shape index (κ2) is 51.2. The number of carbonyl (C=O) groups is 4. The molecule has 0 saturated heterocycles. The predicted octanol–water partition coefficient (Wildman–Crippen LogP) is 9.90. The zero-order valence-electron chi connectivity index (χ0n) is 41.6. The fourth-order valence-electron chi connectivity index (χ4n) is 7.22. The Hall–Kier alpha value is -2.80. The third kappa shape index (κ3) is 48.7. The van der Waals surface area contributed by atoms with Crippen LogP contribution in [-0.4, -0.2) is 114 Å². The van der Waals surface area contributed by atoms with Crippen molar-refractivity contribution in [2.24, 2.45) is 0 Å². The normalized spacial score (nSPS) is 11.6. The van der Waals surface area contributed by atoms with Gasteiger partial charge in [-0.2, -0.15) is 0 Å². The molecule has 0 unspecified atom stereocenters. The molecule has 0 aliphatic heterocycles. The zero-order chi connectivity index (χ0) is 46.7. The van der Waals surface area contributed by atoms with E-state index in [4.69, 9.17) is 14.2 Å². The Kier molecular flexibility index (Phi) is 48.9. The molecule has 0 heterocycles. The molecule has 12 nitrogen and oxygen atoms in total. The first-order valence-corrected chi connectivity index (χ1v) is 26.2. The van der Waals surface area contributed by atoms with E-state index in [1.165, 1.54) is 128 Å². The minimum atomic E-state index is -0.180. The van der Waals surface area contributed by atoms with Gasteiger partial charge < -0.3 is 35.5 Å². The molecule has 374 valence electrons. The van der Waals surface area contributed by atoms with E-state index in [0.717, 1.165) is 38.5 Å². The van der Waals surface area contributed by atoms with Crippen LogP contribution in [0.5, 0.6) is 0 Å². The Morgan fingerprint density at radius 3 is 1.11 bits per heavy atom. The minimum absolute atomic E-state index is 0.00686. The molecule has 0 radical (unpaired) electrons. The van der Waals surface area contributed by atoms with E-state index < -0.39 is 0 Å². The summed E-state index contributed by atoms with van der Waals surface area (Å²) in [4.78, 5) is 51.0. The van der Waals surface area contributed by atoms with Gasteiger partial charge in [0.25, 0.3) is 0 Å². The van der Waals surface area contributed by atoms with Gasteiger partial charge in [0.05, 0.1) is 33.0 Å². The van der Waals surface area contributed by atoms with Crippen molar-refractivity contribution in [1.82, 2.24) is 26.2 Å².